The molecule has 354 valence electrons. The molecule has 71 heavy (non-hydrogen) atoms. The van der Waals surface area contributed by atoms with Crippen molar-refractivity contribution in [2.45, 2.75) is 43.8 Å². The molecule has 3 atom stereocenters. The molecule has 0 radical (unpaired) electrons. The highest BCUT2D eigenvalue weighted by molar-refractivity contribution is 6.01. The highest BCUT2D eigenvalue weighted by Crippen LogP contribution is 2.39. The van der Waals surface area contributed by atoms with Crippen molar-refractivity contribution in [1.29, 1.82) is 10.5 Å². The molecular weight excluding hydrogens is 911 g/mol. The molecule has 2 aliphatic heterocycles. The SMILES string of the molecule is C=C(C#N)C(=O)N1CCC[C@@H](n2nc(-c3ccc(Oc4ccccc4)cc3F)c3c(NC(C#N)C(=O)N4CCC[C@@H](n5nc(-c6ccc(Oc7ccccc7)cc6F)c6c(N)ncnc65)C4)ncnc32)C1. The molecule has 8 aromatic rings. The van der Waals surface area contributed by atoms with Gasteiger partial charge in [-0.3, -0.25) is 9.59 Å². The molecule has 0 aliphatic carbocycles. The normalized spacial score (nSPS) is 16.2. The van der Waals surface area contributed by atoms with Gasteiger partial charge in [0.25, 0.3) is 11.8 Å². The summed E-state index contributed by atoms with van der Waals surface area (Å²) in [5.41, 5.74) is 7.30. The summed E-state index contributed by atoms with van der Waals surface area (Å²) in [6.07, 6.45) is 4.75. The number of nitrogens with zero attached hydrogens (tertiary/aromatic N) is 12. The van der Waals surface area contributed by atoms with Gasteiger partial charge in [-0.25, -0.2) is 38.1 Å². The largest absolute Gasteiger partial charge is 0.457 e. The van der Waals surface area contributed by atoms with Crippen molar-refractivity contribution >= 4 is 45.5 Å². The number of nitriles is 2. The van der Waals surface area contributed by atoms with Gasteiger partial charge in [0, 0.05) is 49.4 Å². The minimum atomic E-state index is -1.50. The standard InChI is InChI=1S/C51H42F2N14O4/c1-30(24-54)50(68)64-20-8-10-31(26-64)67-49-43(45(63-67)38-19-17-36(23-40(38)53)71-34-14-6-3-7-15-34)47(58-29-60-49)61-41(25-55)51(69)65-21-9-11-32(27-65)66-48-42(46(56)57-28-59-48)44(62-66)37-18-16-35(22-39(37)52)70-33-12-4-2-5-13-33/h2-7,12-19,22-23,28-29,31-32,41H,1,8-11,20-21,26-27H2,(H2,56,57,59)(H,58,60,61)/t31-,32-,41?/m1/s1. The first kappa shape index (κ1) is 45.5. The van der Waals surface area contributed by atoms with E-state index in [1.807, 2.05) is 30.3 Å². The van der Waals surface area contributed by atoms with Gasteiger partial charge in [-0.05, 0) is 74.2 Å². The van der Waals surface area contributed by atoms with Gasteiger partial charge in [-0.1, -0.05) is 43.0 Å². The van der Waals surface area contributed by atoms with Crippen molar-refractivity contribution in [2.24, 2.45) is 0 Å². The molecule has 0 spiro atoms. The molecular formula is C51H42F2N14O4. The van der Waals surface area contributed by atoms with E-state index in [9.17, 15) is 20.1 Å². The topological polar surface area (TPSA) is 232 Å². The quantitative estimate of drug-likeness (QED) is 0.0869. The summed E-state index contributed by atoms with van der Waals surface area (Å²) in [6, 6.07) is 28.1. The second kappa shape index (κ2) is 19.4. The minimum absolute atomic E-state index is 0.0347. The average molecular weight is 953 g/mol. The molecule has 20 heteroatoms. The van der Waals surface area contributed by atoms with Crippen LogP contribution in [0.15, 0.2) is 122 Å². The molecule has 2 saturated heterocycles. The summed E-state index contributed by atoms with van der Waals surface area (Å²) in [4.78, 5) is 48.4. The summed E-state index contributed by atoms with van der Waals surface area (Å²) in [5, 5.41) is 33.4. The lowest BCUT2D eigenvalue weighted by Gasteiger charge is -2.34. The number of hydrogen-bond acceptors (Lipinski definition) is 14. The summed E-state index contributed by atoms with van der Waals surface area (Å²) in [5.74, 6) is -0.692. The molecule has 6 heterocycles. The smallest absolute Gasteiger partial charge is 0.263 e. The Hall–Kier alpha value is -9.30. The van der Waals surface area contributed by atoms with Crippen LogP contribution >= 0.6 is 0 Å². The number of halogens is 2. The van der Waals surface area contributed by atoms with Crippen molar-refractivity contribution in [3.05, 3.63) is 134 Å². The van der Waals surface area contributed by atoms with Crippen LogP contribution < -0.4 is 20.5 Å². The lowest BCUT2D eigenvalue weighted by Crippen LogP contribution is -2.47. The van der Waals surface area contributed by atoms with E-state index in [0.29, 0.717) is 61.3 Å². The van der Waals surface area contributed by atoms with Crippen LogP contribution in [0.3, 0.4) is 0 Å². The Morgan fingerprint density at radius 1 is 0.704 bits per heavy atom. The van der Waals surface area contributed by atoms with Crippen LogP contribution in [0, 0.1) is 34.3 Å². The molecule has 3 N–H and O–H groups in total. The number of amides is 2. The molecule has 0 bridgehead atoms. The Balaban J connectivity index is 0.956. The van der Waals surface area contributed by atoms with Crippen LogP contribution in [0.2, 0.25) is 0 Å². The van der Waals surface area contributed by atoms with Gasteiger partial charge in [0.15, 0.2) is 17.3 Å². The predicted octanol–water partition coefficient (Wildman–Crippen LogP) is 8.16. The zero-order valence-corrected chi connectivity index (χ0v) is 37.8. The maximum Gasteiger partial charge on any atom is 0.263 e. The van der Waals surface area contributed by atoms with Crippen LogP contribution in [0.25, 0.3) is 44.6 Å². The van der Waals surface area contributed by atoms with E-state index in [1.54, 1.807) is 68.9 Å². The third-order valence-electron chi connectivity index (χ3n) is 12.5. The maximum absolute atomic E-state index is 16.4. The summed E-state index contributed by atoms with van der Waals surface area (Å²) < 4.78 is 47.3. The fourth-order valence-corrected chi connectivity index (χ4v) is 9.12. The number of nitrogens with one attached hydrogen (secondary N) is 1. The molecule has 2 fully saturated rings. The third kappa shape index (κ3) is 8.97. The van der Waals surface area contributed by atoms with Crippen LogP contribution in [0.1, 0.15) is 37.8 Å². The minimum Gasteiger partial charge on any atom is -0.457 e. The zero-order valence-electron chi connectivity index (χ0n) is 37.8. The summed E-state index contributed by atoms with van der Waals surface area (Å²) in [6.45, 7) is 4.55. The fourth-order valence-electron chi connectivity index (χ4n) is 9.12. The second-order valence-electron chi connectivity index (χ2n) is 17.0. The number of ether oxygens (including phenoxy) is 2. The lowest BCUT2D eigenvalue weighted by atomic mass is 10.0. The summed E-state index contributed by atoms with van der Waals surface area (Å²) >= 11 is 0. The summed E-state index contributed by atoms with van der Waals surface area (Å²) in [7, 11) is 0. The molecule has 18 nitrogen and oxygen atoms in total. The highest BCUT2D eigenvalue weighted by Gasteiger charge is 2.35. The van der Waals surface area contributed by atoms with Gasteiger partial charge in [-0.2, -0.15) is 20.7 Å². The number of carbonyl (C=O) groups excluding carboxylic acids is 2. The van der Waals surface area contributed by atoms with E-state index < -0.39 is 41.6 Å². The van der Waals surface area contributed by atoms with E-state index in [4.69, 9.17) is 25.4 Å². The molecule has 0 saturated carbocycles. The molecule has 4 aromatic heterocycles. The Morgan fingerprint density at radius 3 is 1.77 bits per heavy atom. The van der Waals surface area contributed by atoms with E-state index in [0.717, 1.165) is 0 Å². The van der Waals surface area contributed by atoms with Crippen molar-refractivity contribution in [3.63, 3.8) is 0 Å². The fraction of sp³-hybridized carbons (Fsp3) is 0.216. The van der Waals surface area contributed by atoms with Crippen LogP contribution in [-0.2, 0) is 9.59 Å². The zero-order chi connectivity index (χ0) is 49.2. The van der Waals surface area contributed by atoms with Crippen molar-refractivity contribution in [3.8, 4) is 57.7 Å². The van der Waals surface area contributed by atoms with Gasteiger partial charge in [0.1, 0.15) is 82.0 Å². The Labute approximate surface area is 404 Å². The van der Waals surface area contributed by atoms with Crippen molar-refractivity contribution in [1.82, 2.24) is 49.3 Å². The number of benzene rings is 4. The maximum atomic E-state index is 16.4. The van der Waals surface area contributed by atoms with Crippen molar-refractivity contribution in [2.75, 3.05) is 37.2 Å². The second-order valence-corrected chi connectivity index (χ2v) is 17.0. The number of rotatable bonds is 12. The predicted molar refractivity (Wildman–Crippen MR) is 256 cm³/mol. The average Bonchev–Trinajstić information content (AvgIpc) is 3.99. The number of carbonyl (C=O) groups is 2. The van der Waals surface area contributed by atoms with Crippen LogP contribution in [0.4, 0.5) is 20.4 Å². The van der Waals surface area contributed by atoms with Crippen molar-refractivity contribution < 1.29 is 27.8 Å². The Morgan fingerprint density at radius 2 is 1.23 bits per heavy atom. The van der Waals surface area contributed by atoms with Gasteiger partial charge >= 0.3 is 0 Å². The van der Waals surface area contributed by atoms with Crippen LogP contribution in [-0.4, -0.2) is 93.3 Å². The Kier molecular flexibility index (Phi) is 12.4. The van der Waals surface area contributed by atoms with Gasteiger partial charge in [0.2, 0.25) is 0 Å². The van der Waals surface area contributed by atoms with E-state index in [-0.39, 0.29) is 75.3 Å². The first-order valence-corrected chi connectivity index (χ1v) is 22.7. The molecule has 10 rings (SSSR count). The highest BCUT2D eigenvalue weighted by atomic mass is 19.1. The molecule has 4 aromatic carbocycles. The number of fused-ring (bicyclic) bond motifs is 2. The first-order chi connectivity index (χ1) is 34.6. The number of anilines is 2. The van der Waals surface area contributed by atoms with E-state index in [2.05, 4.69) is 37.9 Å². The Bertz CT molecular complexity index is 3440. The number of aromatic nitrogens is 8. The molecule has 2 amide bonds. The van der Waals surface area contributed by atoms with E-state index in [1.165, 1.54) is 35.8 Å². The molecule has 1 unspecified atom stereocenters. The number of para-hydroxylation sites is 2. The first-order valence-electron chi connectivity index (χ1n) is 22.7. The van der Waals surface area contributed by atoms with Gasteiger partial charge in [-0.15, -0.1) is 0 Å². The van der Waals surface area contributed by atoms with Gasteiger partial charge in [0.05, 0.1) is 28.9 Å². The lowest BCUT2D eigenvalue weighted by molar-refractivity contribution is -0.132. The number of nitrogens with two attached hydrogens (primary N) is 1. The third-order valence-corrected chi connectivity index (χ3v) is 12.5. The van der Waals surface area contributed by atoms with E-state index >= 15 is 8.78 Å². The number of likely N-dealkylation sites (tertiary alicyclic amines) is 2. The number of piperidine rings is 2. The number of nitrogen functional groups attached to an aromatic ring is 1. The molecule has 2 aliphatic rings. The monoisotopic (exact) mass is 952 g/mol. The number of hydrogen-bond donors (Lipinski definition) is 2. The van der Waals surface area contributed by atoms with Gasteiger partial charge < -0.3 is 30.3 Å². The van der Waals surface area contributed by atoms with Crippen LogP contribution in [0.5, 0.6) is 23.0 Å².